The van der Waals surface area contributed by atoms with Crippen LogP contribution in [0.25, 0.3) is 0 Å². The molecule has 0 rings (SSSR count). The molecule has 0 saturated heterocycles. The maximum Gasteiger partial charge on any atom is 0.0516 e. The minimum Gasteiger partial charge on any atom is -0.384 e. The summed E-state index contributed by atoms with van der Waals surface area (Å²) >= 11 is 0. The van der Waals surface area contributed by atoms with Crippen LogP contribution in [0.5, 0.6) is 0 Å². The Kier molecular flexibility index (Phi) is 13.2. The van der Waals surface area contributed by atoms with Gasteiger partial charge in [0, 0.05) is 7.11 Å². The Balaban J connectivity index is 0. The molecule has 0 aromatic heterocycles. The average Bonchev–Trinajstić information content (AvgIpc) is 2.37. The first kappa shape index (κ1) is 21.3. The van der Waals surface area contributed by atoms with Gasteiger partial charge in [0.1, 0.15) is 0 Å². The summed E-state index contributed by atoms with van der Waals surface area (Å²) in [6, 6.07) is 0. The fourth-order valence-electron chi connectivity index (χ4n) is 2.82. The van der Waals surface area contributed by atoms with Crippen molar-refractivity contribution in [3.63, 3.8) is 0 Å². The van der Waals surface area contributed by atoms with Crippen LogP contribution in [-0.2, 0) is 4.74 Å². The van der Waals surface area contributed by atoms with Crippen LogP contribution in [-0.4, -0.2) is 13.7 Å². The van der Waals surface area contributed by atoms with Crippen LogP contribution in [0.2, 0.25) is 0 Å². The molecular weight excluding hydrogens is 232 g/mol. The third-order valence-corrected chi connectivity index (χ3v) is 3.99. The van der Waals surface area contributed by atoms with Crippen LogP contribution in [0.1, 0.15) is 93.4 Å². The van der Waals surface area contributed by atoms with Crippen molar-refractivity contribution in [1.82, 2.24) is 0 Å². The second kappa shape index (κ2) is 11.8. The summed E-state index contributed by atoms with van der Waals surface area (Å²) in [7, 11) is 1.84. The predicted octanol–water partition coefficient (Wildman–Crippen LogP) is 6.46. The number of rotatable bonds is 10. The summed E-state index contributed by atoms with van der Waals surface area (Å²) in [5.41, 5.74) is 0.806. The largest absolute Gasteiger partial charge is 0.384 e. The molecule has 0 spiro atoms. The Labute approximate surface area is 123 Å². The Hall–Kier alpha value is -0.0400. The van der Waals surface area contributed by atoms with Gasteiger partial charge in [-0.3, -0.25) is 0 Å². The molecule has 0 N–H and O–H groups in total. The molecule has 0 fully saturated rings. The second-order valence-electron chi connectivity index (χ2n) is 6.75. The number of unbranched alkanes of at least 4 members (excludes halogenated alkanes) is 3. The second-order valence-corrected chi connectivity index (χ2v) is 6.75. The Bertz CT molecular complexity index is 186. The first-order chi connectivity index (χ1) is 8.89. The van der Waals surface area contributed by atoms with E-state index in [2.05, 4.69) is 34.6 Å². The smallest absolute Gasteiger partial charge is 0.0516 e. The number of ether oxygens (including phenoxy) is 1. The fraction of sp³-hybridized carbons (Fsp3) is 1.00. The van der Waals surface area contributed by atoms with Gasteiger partial charge in [-0.2, -0.15) is 0 Å². The third-order valence-electron chi connectivity index (χ3n) is 3.99. The molecule has 0 aromatic rings. The van der Waals surface area contributed by atoms with Crippen LogP contribution >= 0.6 is 0 Å². The molecule has 0 aliphatic carbocycles. The lowest BCUT2D eigenvalue weighted by Crippen LogP contribution is -2.29. The third kappa shape index (κ3) is 11.5. The highest BCUT2D eigenvalue weighted by Gasteiger charge is 2.31. The molecule has 0 amide bonds. The van der Waals surface area contributed by atoms with Gasteiger partial charge in [0.25, 0.3) is 0 Å². The lowest BCUT2D eigenvalue weighted by molar-refractivity contribution is 0.0451. The summed E-state index contributed by atoms with van der Waals surface area (Å²) in [6.45, 7) is 16.6. The highest BCUT2D eigenvalue weighted by molar-refractivity contribution is 4.81. The summed E-state index contributed by atoms with van der Waals surface area (Å²) in [4.78, 5) is 0. The van der Waals surface area contributed by atoms with E-state index < -0.39 is 0 Å². The molecule has 1 heteroatoms. The monoisotopic (exact) mass is 272 g/mol. The van der Waals surface area contributed by atoms with Crippen molar-refractivity contribution in [3.8, 4) is 0 Å². The Morgan fingerprint density at radius 2 is 1.47 bits per heavy atom. The highest BCUT2D eigenvalue weighted by Crippen LogP contribution is 2.39. The molecule has 0 aromatic carbocycles. The van der Waals surface area contributed by atoms with Gasteiger partial charge < -0.3 is 4.74 Å². The van der Waals surface area contributed by atoms with Crippen molar-refractivity contribution < 1.29 is 4.74 Å². The van der Waals surface area contributed by atoms with E-state index in [4.69, 9.17) is 4.74 Å². The quantitative estimate of drug-likeness (QED) is 0.414. The van der Waals surface area contributed by atoms with E-state index in [0.29, 0.717) is 10.8 Å². The molecule has 0 saturated carbocycles. The lowest BCUT2D eigenvalue weighted by atomic mass is 9.70. The molecule has 0 radical (unpaired) electrons. The first-order valence-electron chi connectivity index (χ1n) is 8.38. The van der Waals surface area contributed by atoms with Gasteiger partial charge in [0.15, 0.2) is 0 Å². The summed E-state index contributed by atoms with van der Waals surface area (Å²) < 4.78 is 5.45. The summed E-state index contributed by atoms with van der Waals surface area (Å²) in [5.74, 6) is 0. The fourth-order valence-corrected chi connectivity index (χ4v) is 2.82. The van der Waals surface area contributed by atoms with E-state index in [1.165, 1.54) is 44.9 Å². The Morgan fingerprint density at radius 1 is 0.895 bits per heavy atom. The standard InChI is InChI=1S/C16H34O.C2H6/c1-7-9-10-11-12-16(5,14-17-6)13-15(3,4)8-2;1-2/h7-14H2,1-6H3;1-2H3. The molecular formula is C18H40O. The van der Waals surface area contributed by atoms with Crippen LogP contribution < -0.4 is 0 Å². The van der Waals surface area contributed by atoms with Crippen LogP contribution in [0.3, 0.4) is 0 Å². The van der Waals surface area contributed by atoms with E-state index in [0.717, 1.165) is 6.61 Å². The van der Waals surface area contributed by atoms with Crippen molar-refractivity contribution in [2.75, 3.05) is 13.7 Å². The van der Waals surface area contributed by atoms with Gasteiger partial charge in [-0.15, -0.1) is 0 Å². The van der Waals surface area contributed by atoms with Crippen molar-refractivity contribution in [3.05, 3.63) is 0 Å². The van der Waals surface area contributed by atoms with Gasteiger partial charge >= 0.3 is 0 Å². The first-order valence-corrected chi connectivity index (χ1v) is 8.38. The van der Waals surface area contributed by atoms with Crippen LogP contribution in [0.4, 0.5) is 0 Å². The van der Waals surface area contributed by atoms with Gasteiger partial charge in [0.05, 0.1) is 6.61 Å². The van der Waals surface area contributed by atoms with Gasteiger partial charge in [-0.1, -0.05) is 80.6 Å². The van der Waals surface area contributed by atoms with Crippen molar-refractivity contribution >= 4 is 0 Å². The number of methoxy groups -OCH3 is 1. The van der Waals surface area contributed by atoms with E-state index in [1.54, 1.807) is 0 Å². The summed E-state index contributed by atoms with van der Waals surface area (Å²) in [5, 5.41) is 0. The predicted molar refractivity (Wildman–Crippen MR) is 88.8 cm³/mol. The van der Waals surface area contributed by atoms with Crippen LogP contribution in [0.15, 0.2) is 0 Å². The molecule has 1 atom stereocenters. The topological polar surface area (TPSA) is 9.23 Å². The molecule has 1 unspecified atom stereocenters. The summed E-state index contributed by atoms with van der Waals surface area (Å²) in [6.07, 6.45) is 9.26. The molecule has 1 nitrogen and oxygen atoms in total. The molecule has 0 heterocycles. The molecule has 0 aliphatic heterocycles. The molecule has 19 heavy (non-hydrogen) atoms. The maximum absolute atomic E-state index is 5.45. The van der Waals surface area contributed by atoms with Crippen molar-refractivity contribution in [2.24, 2.45) is 10.8 Å². The zero-order valence-electron chi connectivity index (χ0n) is 15.1. The lowest BCUT2D eigenvalue weighted by Gasteiger charge is -2.37. The van der Waals surface area contributed by atoms with Crippen molar-refractivity contribution in [1.29, 1.82) is 0 Å². The zero-order chi connectivity index (χ0) is 15.4. The van der Waals surface area contributed by atoms with Crippen LogP contribution in [0, 0.1) is 10.8 Å². The SMILES string of the molecule is CC.CCCCCCC(C)(COC)CC(C)(C)CC. The van der Waals surface area contributed by atoms with Gasteiger partial charge in [-0.05, 0) is 23.7 Å². The normalized spacial score (nSPS) is 14.5. The van der Waals surface area contributed by atoms with E-state index in [-0.39, 0.29) is 0 Å². The van der Waals surface area contributed by atoms with E-state index in [1.807, 2.05) is 21.0 Å². The zero-order valence-corrected chi connectivity index (χ0v) is 15.1. The molecule has 118 valence electrons. The minimum atomic E-state index is 0.363. The minimum absolute atomic E-state index is 0.363. The maximum atomic E-state index is 5.45. The number of hydrogen-bond donors (Lipinski definition) is 0. The van der Waals surface area contributed by atoms with Crippen molar-refractivity contribution in [2.45, 2.75) is 93.4 Å². The van der Waals surface area contributed by atoms with E-state index >= 15 is 0 Å². The molecule has 0 bridgehead atoms. The molecule has 0 aliphatic rings. The highest BCUT2D eigenvalue weighted by atomic mass is 16.5. The van der Waals surface area contributed by atoms with Gasteiger partial charge in [0.2, 0.25) is 0 Å². The average molecular weight is 273 g/mol. The number of hydrogen-bond acceptors (Lipinski definition) is 1. The van der Waals surface area contributed by atoms with E-state index in [9.17, 15) is 0 Å². The van der Waals surface area contributed by atoms with Gasteiger partial charge in [-0.25, -0.2) is 0 Å². The Morgan fingerprint density at radius 3 is 1.89 bits per heavy atom.